The van der Waals surface area contributed by atoms with Gasteiger partial charge in [-0.15, -0.1) is 0 Å². The van der Waals surface area contributed by atoms with E-state index in [-0.39, 0.29) is 23.8 Å². The van der Waals surface area contributed by atoms with Gasteiger partial charge in [0, 0.05) is 24.5 Å². The van der Waals surface area contributed by atoms with Gasteiger partial charge in [0.2, 0.25) is 11.8 Å². The normalized spacial score (nSPS) is 11.9. The average Bonchev–Trinajstić information content (AvgIpc) is 3.03. The van der Waals surface area contributed by atoms with Gasteiger partial charge in [-0.05, 0) is 60.4 Å². The highest BCUT2D eigenvalue weighted by Crippen LogP contribution is 2.27. The summed E-state index contributed by atoms with van der Waals surface area (Å²) >= 11 is 6.14. The first kappa shape index (κ1) is 32.8. The zero-order chi connectivity index (χ0) is 31.5. The fourth-order valence-corrected chi connectivity index (χ4v) is 6.55. The third kappa shape index (κ3) is 8.49. The summed E-state index contributed by atoms with van der Waals surface area (Å²) in [6.07, 6.45) is 1.96. The maximum Gasteiger partial charge on any atom is 0.264 e. The standard InChI is InChI=1S/C35H38ClN3O4S/c1-3-4-23-37-35(41)33(24-28-14-7-5-8-15-28)38(25-29-19-21-30(36)22-20-29)34(40)26-39(32-18-12-11-13-27(32)2)44(42,43)31-16-9-6-10-17-31/h5-22,33H,3-4,23-26H2,1-2H3,(H,37,41). The Bertz CT molecular complexity index is 1630. The number of carbonyl (C=O) groups excluding carboxylic acids is 2. The van der Waals surface area contributed by atoms with E-state index in [0.29, 0.717) is 22.8 Å². The second kappa shape index (κ2) is 15.5. The topological polar surface area (TPSA) is 86.8 Å². The van der Waals surface area contributed by atoms with Crippen molar-refractivity contribution >= 4 is 39.1 Å². The van der Waals surface area contributed by atoms with Crippen molar-refractivity contribution in [3.05, 3.63) is 131 Å². The molecule has 44 heavy (non-hydrogen) atoms. The van der Waals surface area contributed by atoms with Gasteiger partial charge < -0.3 is 10.2 Å². The minimum atomic E-state index is -4.14. The van der Waals surface area contributed by atoms with E-state index in [0.717, 1.165) is 28.3 Å². The Labute approximate surface area is 265 Å². The second-order valence-corrected chi connectivity index (χ2v) is 12.9. The van der Waals surface area contributed by atoms with Crippen molar-refractivity contribution in [2.24, 2.45) is 0 Å². The van der Waals surface area contributed by atoms with Gasteiger partial charge in [0.1, 0.15) is 12.6 Å². The van der Waals surface area contributed by atoms with Crippen LogP contribution in [0.4, 0.5) is 5.69 Å². The zero-order valence-corrected chi connectivity index (χ0v) is 26.6. The summed E-state index contributed by atoms with van der Waals surface area (Å²) in [5.74, 6) is -0.799. The van der Waals surface area contributed by atoms with Crippen molar-refractivity contribution in [1.29, 1.82) is 0 Å². The summed E-state index contributed by atoms with van der Waals surface area (Å²) in [7, 11) is -4.14. The summed E-state index contributed by atoms with van der Waals surface area (Å²) in [5.41, 5.74) is 2.73. The van der Waals surface area contributed by atoms with Gasteiger partial charge in [-0.1, -0.05) is 104 Å². The molecule has 4 rings (SSSR count). The SMILES string of the molecule is CCCCNC(=O)C(Cc1ccccc1)N(Cc1ccc(Cl)cc1)C(=O)CN(c1ccccc1C)S(=O)(=O)c1ccccc1. The first-order chi connectivity index (χ1) is 21.2. The lowest BCUT2D eigenvalue weighted by atomic mass is 10.0. The number of aryl methyl sites for hydroxylation is 1. The Hall–Kier alpha value is -4.14. The molecular weight excluding hydrogens is 594 g/mol. The van der Waals surface area contributed by atoms with E-state index in [4.69, 9.17) is 11.6 Å². The van der Waals surface area contributed by atoms with Crippen LogP contribution in [0.3, 0.4) is 0 Å². The first-order valence-corrected chi connectivity index (χ1v) is 16.5. The summed E-state index contributed by atoms with van der Waals surface area (Å²) in [5, 5.41) is 3.54. The van der Waals surface area contributed by atoms with E-state index >= 15 is 0 Å². The predicted molar refractivity (Wildman–Crippen MR) is 176 cm³/mol. The predicted octanol–water partition coefficient (Wildman–Crippen LogP) is 6.40. The van der Waals surface area contributed by atoms with Crippen molar-refractivity contribution in [3.63, 3.8) is 0 Å². The van der Waals surface area contributed by atoms with E-state index < -0.39 is 28.5 Å². The molecule has 0 radical (unpaired) electrons. The lowest BCUT2D eigenvalue weighted by Crippen LogP contribution is -2.53. The van der Waals surface area contributed by atoms with Crippen molar-refractivity contribution in [1.82, 2.24) is 10.2 Å². The van der Waals surface area contributed by atoms with Gasteiger partial charge >= 0.3 is 0 Å². The van der Waals surface area contributed by atoms with Crippen LogP contribution >= 0.6 is 11.6 Å². The molecule has 0 aliphatic carbocycles. The number of rotatable bonds is 14. The van der Waals surface area contributed by atoms with Crippen LogP contribution in [0.15, 0.2) is 114 Å². The molecule has 7 nitrogen and oxygen atoms in total. The van der Waals surface area contributed by atoms with Crippen LogP contribution in [-0.2, 0) is 32.6 Å². The Morgan fingerprint density at radius 2 is 1.43 bits per heavy atom. The second-order valence-electron chi connectivity index (χ2n) is 10.6. The molecule has 1 unspecified atom stereocenters. The van der Waals surface area contributed by atoms with Crippen molar-refractivity contribution in [3.8, 4) is 0 Å². The lowest BCUT2D eigenvalue weighted by Gasteiger charge is -2.34. The van der Waals surface area contributed by atoms with Gasteiger partial charge in [0.05, 0.1) is 10.6 Å². The number of sulfonamides is 1. The number of hydrogen-bond acceptors (Lipinski definition) is 4. The van der Waals surface area contributed by atoms with Gasteiger partial charge in [-0.3, -0.25) is 13.9 Å². The minimum absolute atomic E-state index is 0.0680. The van der Waals surface area contributed by atoms with E-state index in [1.807, 2.05) is 43.3 Å². The van der Waals surface area contributed by atoms with Crippen molar-refractivity contribution in [2.45, 2.75) is 50.6 Å². The molecule has 0 aliphatic rings. The maximum absolute atomic E-state index is 14.5. The number of unbranched alkanes of at least 4 members (excludes halogenated alkanes) is 1. The van der Waals surface area contributed by atoms with E-state index in [9.17, 15) is 18.0 Å². The summed E-state index contributed by atoms with van der Waals surface area (Å²) in [6.45, 7) is 3.90. The van der Waals surface area contributed by atoms with Gasteiger partial charge in [-0.2, -0.15) is 0 Å². The molecule has 2 amide bonds. The third-order valence-corrected chi connectivity index (χ3v) is 9.39. The number of halogens is 1. The molecule has 0 aliphatic heterocycles. The molecule has 0 heterocycles. The van der Waals surface area contributed by atoms with Gasteiger partial charge in [-0.25, -0.2) is 8.42 Å². The van der Waals surface area contributed by atoms with Crippen LogP contribution in [0.5, 0.6) is 0 Å². The van der Waals surface area contributed by atoms with Crippen molar-refractivity contribution < 1.29 is 18.0 Å². The molecule has 4 aromatic rings. The highest BCUT2D eigenvalue weighted by Gasteiger charge is 2.34. The average molecular weight is 632 g/mol. The lowest BCUT2D eigenvalue weighted by molar-refractivity contribution is -0.140. The Balaban J connectivity index is 1.78. The smallest absolute Gasteiger partial charge is 0.264 e. The highest BCUT2D eigenvalue weighted by atomic mass is 35.5. The fraction of sp³-hybridized carbons (Fsp3) is 0.257. The number of hydrogen-bond donors (Lipinski definition) is 1. The van der Waals surface area contributed by atoms with Gasteiger partial charge in [0.25, 0.3) is 10.0 Å². The van der Waals surface area contributed by atoms with E-state index in [2.05, 4.69) is 5.32 Å². The zero-order valence-electron chi connectivity index (χ0n) is 25.0. The molecule has 0 bridgehead atoms. The number of nitrogens with one attached hydrogen (secondary N) is 1. The number of anilines is 1. The molecule has 1 N–H and O–H groups in total. The van der Waals surface area contributed by atoms with Crippen LogP contribution in [0.2, 0.25) is 5.02 Å². The Morgan fingerprint density at radius 3 is 2.07 bits per heavy atom. The number of nitrogens with zero attached hydrogens (tertiary/aromatic N) is 2. The van der Waals surface area contributed by atoms with Crippen LogP contribution in [-0.4, -0.2) is 44.3 Å². The van der Waals surface area contributed by atoms with Crippen LogP contribution in [0, 0.1) is 6.92 Å². The number of carbonyl (C=O) groups is 2. The van der Waals surface area contributed by atoms with Crippen LogP contribution < -0.4 is 9.62 Å². The Kier molecular flexibility index (Phi) is 11.6. The van der Waals surface area contributed by atoms with E-state index in [1.165, 1.54) is 17.0 Å². The molecule has 4 aromatic carbocycles. The maximum atomic E-state index is 14.5. The molecule has 230 valence electrons. The molecule has 0 saturated carbocycles. The molecule has 0 fully saturated rings. The first-order valence-electron chi connectivity index (χ1n) is 14.7. The van der Waals surface area contributed by atoms with E-state index in [1.54, 1.807) is 67.6 Å². The molecule has 9 heteroatoms. The third-order valence-electron chi connectivity index (χ3n) is 7.36. The summed E-state index contributed by atoms with van der Waals surface area (Å²) in [6, 6.07) is 30.8. The number of benzene rings is 4. The number of amides is 2. The number of para-hydroxylation sites is 1. The molecule has 0 saturated heterocycles. The summed E-state index contributed by atoms with van der Waals surface area (Å²) in [4.78, 5) is 29.8. The largest absolute Gasteiger partial charge is 0.354 e. The monoisotopic (exact) mass is 631 g/mol. The summed E-state index contributed by atoms with van der Waals surface area (Å²) < 4.78 is 29.3. The van der Waals surface area contributed by atoms with Crippen LogP contribution in [0.1, 0.15) is 36.5 Å². The molecule has 0 aromatic heterocycles. The molecule has 1 atom stereocenters. The quantitative estimate of drug-likeness (QED) is 0.163. The highest BCUT2D eigenvalue weighted by molar-refractivity contribution is 7.92. The Morgan fingerprint density at radius 1 is 0.818 bits per heavy atom. The minimum Gasteiger partial charge on any atom is -0.354 e. The molecule has 0 spiro atoms. The van der Waals surface area contributed by atoms with Crippen LogP contribution in [0.25, 0.3) is 0 Å². The van der Waals surface area contributed by atoms with Gasteiger partial charge in [0.15, 0.2) is 0 Å². The fourth-order valence-electron chi connectivity index (χ4n) is 4.92. The van der Waals surface area contributed by atoms with Crippen molar-refractivity contribution in [2.75, 3.05) is 17.4 Å². The molecular formula is C35H38ClN3O4S.